The van der Waals surface area contributed by atoms with E-state index in [1.165, 1.54) is 6.42 Å². The molecule has 1 saturated carbocycles. The number of rotatable bonds is 3. The fraction of sp³-hybridized carbons (Fsp3) is 0.875. The predicted octanol–water partition coefficient (Wildman–Crippen LogP) is 2.47. The zero-order chi connectivity index (χ0) is 14.9. The molecule has 0 bridgehead atoms. The molecule has 0 spiro atoms. The van der Waals surface area contributed by atoms with E-state index < -0.39 is 0 Å². The highest BCUT2D eigenvalue weighted by atomic mass is 16.2. The second kappa shape index (κ2) is 5.74. The lowest BCUT2D eigenvalue weighted by molar-refractivity contribution is -0.158. The van der Waals surface area contributed by atoms with Crippen LogP contribution in [0.3, 0.4) is 0 Å². The molecule has 1 N–H and O–H groups in total. The molecule has 0 aromatic heterocycles. The van der Waals surface area contributed by atoms with Crippen molar-refractivity contribution in [1.29, 1.82) is 0 Å². The zero-order valence-electron chi connectivity index (χ0n) is 13.2. The Kier molecular flexibility index (Phi) is 4.40. The van der Waals surface area contributed by atoms with Crippen molar-refractivity contribution in [2.75, 3.05) is 0 Å². The average molecular weight is 280 g/mol. The molecule has 4 heteroatoms. The van der Waals surface area contributed by atoms with Gasteiger partial charge in [0.1, 0.15) is 12.1 Å². The smallest absolute Gasteiger partial charge is 0.246 e. The molecule has 3 unspecified atom stereocenters. The molecular weight excluding hydrogens is 252 g/mol. The minimum Gasteiger partial charge on any atom is -0.342 e. The SMILES string of the molecule is CCC(C)C1NC(=O)C(C)N(C2(C)CCCCC2)C1=O. The molecule has 2 fully saturated rings. The van der Waals surface area contributed by atoms with Gasteiger partial charge in [-0.2, -0.15) is 0 Å². The van der Waals surface area contributed by atoms with Crippen molar-refractivity contribution >= 4 is 11.8 Å². The molecule has 1 heterocycles. The number of nitrogens with zero attached hydrogens (tertiary/aromatic N) is 1. The van der Waals surface area contributed by atoms with E-state index >= 15 is 0 Å². The van der Waals surface area contributed by atoms with Crippen molar-refractivity contribution in [3.8, 4) is 0 Å². The van der Waals surface area contributed by atoms with Crippen LogP contribution in [0, 0.1) is 5.92 Å². The molecule has 114 valence electrons. The normalized spacial score (nSPS) is 31.9. The highest BCUT2D eigenvalue weighted by Crippen LogP contribution is 2.36. The van der Waals surface area contributed by atoms with Crippen LogP contribution in [-0.2, 0) is 9.59 Å². The molecule has 1 aliphatic carbocycles. The van der Waals surface area contributed by atoms with Crippen LogP contribution in [0.4, 0.5) is 0 Å². The van der Waals surface area contributed by atoms with Gasteiger partial charge >= 0.3 is 0 Å². The van der Waals surface area contributed by atoms with Gasteiger partial charge in [-0.15, -0.1) is 0 Å². The number of hydrogen-bond acceptors (Lipinski definition) is 2. The zero-order valence-corrected chi connectivity index (χ0v) is 13.2. The van der Waals surface area contributed by atoms with Gasteiger partial charge in [-0.1, -0.05) is 39.5 Å². The van der Waals surface area contributed by atoms with Gasteiger partial charge in [-0.25, -0.2) is 0 Å². The van der Waals surface area contributed by atoms with Gasteiger partial charge in [-0.3, -0.25) is 9.59 Å². The molecule has 1 saturated heterocycles. The van der Waals surface area contributed by atoms with Crippen molar-refractivity contribution in [2.45, 2.75) is 83.8 Å². The molecule has 20 heavy (non-hydrogen) atoms. The Labute approximate surface area is 122 Å². The summed E-state index contributed by atoms with van der Waals surface area (Å²) in [6.07, 6.45) is 6.49. The lowest BCUT2D eigenvalue weighted by atomic mass is 9.79. The number of carbonyl (C=O) groups is 2. The number of carbonyl (C=O) groups excluding carboxylic acids is 2. The summed E-state index contributed by atoms with van der Waals surface area (Å²) in [6.45, 7) is 8.13. The van der Waals surface area contributed by atoms with Crippen molar-refractivity contribution in [1.82, 2.24) is 10.2 Å². The Balaban J connectivity index is 2.28. The molecule has 2 aliphatic rings. The van der Waals surface area contributed by atoms with E-state index in [9.17, 15) is 9.59 Å². The number of hydrogen-bond donors (Lipinski definition) is 1. The van der Waals surface area contributed by atoms with E-state index in [0.29, 0.717) is 0 Å². The summed E-state index contributed by atoms with van der Waals surface area (Å²) in [5.41, 5.74) is -0.141. The van der Waals surface area contributed by atoms with Crippen LogP contribution in [0.15, 0.2) is 0 Å². The maximum atomic E-state index is 12.9. The molecule has 1 aliphatic heterocycles. The first kappa shape index (κ1) is 15.3. The first-order valence-corrected chi connectivity index (χ1v) is 8.04. The maximum Gasteiger partial charge on any atom is 0.246 e. The standard InChI is InChI=1S/C16H28N2O2/c1-5-11(2)13-15(20)18(12(3)14(19)17-13)16(4)9-7-6-8-10-16/h11-13H,5-10H2,1-4H3,(H,17,19). The number of nitrogens with one attached hydrogen (secondary N) is 1. The fourth-order valence-corrected chi connectivity index (χ4v) is 3.70. The summed E-state index contributed by atoms with van der Waals surface area (Å²) in [6, 6.07) is -0.687. The largest absolute Gasteiger partial charge is 0.342 e. The Morgan fingerprint density at radius 3 is 2.45 bits per heavy atom. The Morgan fingerprint density at radius 2 is 1.90 bits per heavy atom. The maximum absolute atomic E-state index is 12.9. The van der Waals surface area contributed by atoms with Crippen LogP contribution >= 0.6 is 0 Å². The van der Waals surface area contributed by atoms with Gasteiger partial charge < -0.3 is 10.2 Å². The Hall–Kier alpha value is -1.06. The summed E-state index contributed by atoms with van der Waals surface area (Å²) in [4.78, 5) is 27.1. The third kappa shape index (κ3) is 2.57. The lowest BCUT2D eigenvalue weighted by Crippen LogP contribution is -2.69. The van der Waals surface area contributed by atoms with Crippen LogP contribution in [0.2, 0.25) is 0 Å². The molecule has 0 radical (unpaired) electrons. The van der Waals surface area contributed by atoms with E-state index in [0.717, 1.165) is 32.1 Å². The molecule has 2 rings (SSSR count). The summed E-state index contributed by atoms with van der Waals surface area (Å²) in [7, 11) is 0. The van der Waals surface area contributed by atoms with E-state index in [4.69, 9.17) is 0 Å². The van der Waals surface area contributed by atoms with Crippen LogP contribution in [0.5, 0.6) is 0 Å². The van der Waals surface area contributed by atoms with Crippen LogP contribution in [0.1, 0.15) is 66.2 Å². The summed E-state index contributed by atoms with van der Waals surface area (Å²) >= 11 is 0. The van der Waals surface area contributed by atoms with Crippen molar-refractivity contribution in [3.63, 3.8) is 0 Å². The van der Waals surface area contributed by atoms with E-state index in [-0.39, 0.29) is 35.4 Å². The van der Waals surface area contributed by atoms with Crippen LogP contribution < -0.4 is 5.32 Å². The fourth-order valence-electron chi connectivity index (χ4n) is 3.70. The van der Waals surface area contributed by atoms with E-state index in [1.807, 2.05) is 18.7 Å². The molecule has 3 atom stereocenters. The lowest BCUT2D eigenvalue weighted by Gasteiger charge is -2.51. The minimum absolute atomic E-state index is 0.00157. The van der Waals surface area contributed by atoms with Gasteiger partial charge in [0, 0.05) is 5.54 Å². The second-order valence-electron chi connectivity index (χ2n) is 6.81. The first-order valence-electron chi connectivity index (χ1n) is 8.04. The summed E-state index contributed by atoms with van der Waals surface area (Å²) < 4.78 is 0. The average Bonchev–Trinajstić information content (AvgIpc) is 2.42. The quantitative estimate of drug-likeness (QED) is 0.863. The van der Waals surface area contributed by atoms with Gasteiger partial charge in [0.2, 0.25) is 11.8 Å². The van der Waals surface area contributed by atoms with E-state index in [2.05, 4.69) is 19.2 Å². The molecule has 0 aromatic rings. The number of piperazine rings is 1. The summed E-state index contributed by atoms with van der Waals surface area (Å²) in [5, 5.41) is 2.92. The first-order chi connectivity index (χ1) is 9.40. The highest BCUT2D eigenvalue weighted by Gasteiger charge is 2.48. The summed E-state index contributed by atoms with van der Waals surface area (Å²) in [5.74, 6) is 0.311. The highest BCUT2D eigenvalue weighted by molar-refractivity contribution is 5.97. The predicted molar refractivity (Wildman–Crippen MR) is 79.2 cm³/mol. The van der Waals surface area contributed by atoms with Gasteiger partial charge in [0.25, 0.3) is 0 Å². The molecule has 0 aromatic carbocycles. The van der Waals surface area contributed by atoms with Crippen LogP contribution in [-0.4, -0.2) is 34.3 Å². The molecule has 2 amide bonds. The third-order valence-corrected chi connectivity index (χ3v) is 5.29. The molecule has 4 nitrogen and oxygen atoms in total. The minimum atomic E-state index is -0.345. The van der Waals surface area contributed by atoms with Gasteiger partial charge in [0.15, 0.2) is 0 Å². The topological polar surface area (TPSA) is 49.4 Å². The van der Waals surface area contributed by atoms with Crippen LogP contribution in [0.25, 0.3) is 0 Å². The van der Waals surface area contributed by atoms with Crippen molar-refractivity contribution < 1.29 is 9.59 Å². The monoisotopic (exact) mass is 280 g/mol. The van der Waals surface area contributed by atoms with Crippen molar-refractivity contribution in [3.05, 3.63) is 0 Å². The second-order valence-corrected chi connectivity index (χ2v) is 6.81. The number of amides is 2. The third-order valence-electron chi connectivity index (χ3n) is 5.29. The van der Waals surface area contributed by atoms with Gasteiger partial charge in [0.05, 0.1) is 0 Å². The molecular formula is C16H28N2O2. The Bertz CT molecular complexity index is 388. The van der Waals surface area contributed by atoms with E-state index in [1.54, 1.807) is 0 Å². The Morgan fingerprint density at radius 1 is 1.30 bits per heavy atom. The van der Waals surface area contributed by atoms with Crippen molar-refractivity contribution in [2.24, 2.45) is 5.92 Å². The van der Waals surface area contributed by atoms with Gasteiger partial charge in [-0.05, 0) is 32.6 Å².